The summed E-state index contributed by atoms with van der Waals surface area (Å²) in [7, 11) is 0. The molecule has 0 unspecified atom stereocenters. The number of aliphatic carboxylic acids is 2. The highest BCUT2D eigenvalue weighted by Crippen LogP contribution is 2.22. The number of hydrogen-bond acceptors (Lipinski definition) is 10. The molecule has 0 saturated heterocycles. The number of rotatable bonds is 11. The normalized spacial score (nSPS) is 13.0. The quantitative estimate of drug-likeness (QED) is 0.177. The zero-order valence-corrected chi connectivity index (χ0v) is 23.8. The monoisotopic (exact) mass is 597 g/mol. The first-order valence-electron chi connectivity index (χ1n) is 13.1. The first-order valence-corrected chi connectivity index (χ1v) is 13.1. The van der Waals surface area contributed by atoms with Crippen molar-refractivity contribution in [2.24, 2.45) is 0 Å². The maximum Gasteiger partial charge on any atom is 0.349 e. The van der Waals surface area contributed by atoms with Crippen molar-refractivity contribution in [3.8, 4) is 5.75 Å². The number of carbonyl (C=O) groups is 4. The lowest BCUT2D eigenvalue weighted by molar-refractivity contribution is -0.166. The first kappa shape index (κ1) is 34.4. The number of nitrogens with one attached hydrogen (secondary N) is 1. The van der Waals surface area contributed by atoms with Crippen LogP contribution in [0.5, 0.6) is 5.75 Å². The van der Waals surface area contributed by atoms with E-state index in [9.17, 15) is 39.6 Å². The van der Waals surface area contributed by atoms with Gasteiger partial charge >= 0.3 is 23.9 Å². The topological polar surface area (TPSA) is 200 Å². The summed E-state index contributed by atoms with van der Waals surface area (Å²) in [6, 6.07) is 19.6. The molecule has 6 N–H and O–H groups in total. The Morgan fingerprint density at radius 1 is 0.767 bits per heavy atom. The molecule has 3 aromatic rings. The molecule has 3 aromatic carbocycles. The Bertz CT molecular complexity index is 1300. The second-order valence-corrected chi connectivity index (χ2v) is 10.3. The van der Waals surface area contributed by atoms with Crippen molar-refractivity contribution in [3.05, 3.63) is 101 Å². The molecule has 0 bridgehead atoms. The van der Waals surface area contributed by atoms with Crippen LogP contribution >= 0.6 is 0 Å². The number of phenols is 1. The number of esters is 2. The Hall–Kier alpha value is -4.78. The van der Waals surface area contributed by atoms with Crippen molar-refractivity contribution in [3.63, 3.8) is 0 Å². The van der Waals surface area contributed by atoms with Crippen LogP contribution in [0.4, 0.5) is 0 Å². The number of aliphatic hydroxyl groups is 2. The minimum Gasteiger partial charge on any atom is -0.508 e. The number of benzene rings is 3. The molecule has 0 spiro atoms. The first-order chi connectivity index (χ1) is 20.2. The number of hydrogen-bond donors (Lipinski definition) is 6. The van der Waals surface area contributed by atoms with Crippen molar-refractivity contribution < 1.29 is 54.2 Å². The van der Waals surface area contributed by atoms with Crippen molar-refractivity contribution in [2.45, 2.75) is 51.2 Å². The van der Waals surface area contributed by atoms with Gasteiger partial charge in [0.15, 0.2) is 0 Å². The van der Waals surface area contributed by atoms with Gasteiger partial charge in [-0.15, -0.1) is 0 Å². The third-order valence-electron chi connectivity index (χ3n) is 5.73. The van der Waals surface area contributed by atoms with Crippen molar-refractivity contribution in [1.82, 2.24) is 5.32 Å². The largest absolute Gasteiger partial charge is 0.508 e. The Balaban J connectivity index is 0.000000329. The standard InChI is InChI=1S/C18H14O8.C13H21NO3/c19-15(20)13(25-17(23)11-7-3-1-4-8-11)14(16(21)22)26-18(24)12-9-5-2-6-10-12;1-13(2,3)14-7-12(17)9-4-5-11(16)10(6-9)8-15/h1-10,13-14H,(H,19,20)(H,21,22);4-6,12,14-17H,7-8H2,1-3H3/t13-,14-;12-/m00/s1. The fourth-order valence-electron chi connectivity index (χ4n) is 3.46. The average molecular weight is 598 g/mol. The van der Waals surface area contributed by atoms with Gasteiger partial charge in [-0.2, -0.15) is 0 Å². The summed E-state index contributed by atoms with van der Waals surface area (Å²) in [4.78, 5) is 46.8. The molecule has 12 nitrogen and oxygen atoms in total. The second kappa shape index (κ2) is 16.0. The van der Waals surface area contributed by atoms with Gasteiger partial charge in [0.25, 0.3) is 0 Å². The minimum absolute atomic E-state index is 0.0253. The van der Waals surface area contributed by atoms with Gasteiger partial charge in [0.2, 0.25) is 12.2 Å². The van der Waals surface area contributed by atoms with Crippen LogP contribution in [0.25, 0.3) is 0 Å². The van der Waals surface area contributed by atoms with Gasteiger partial charge in [0, 0.05) is 17.6 Å². The molecule has 0 aliphatic heterocycles. The number of carboxylic acid groups (broad SMARTS) is 2. The van der Waals surface area contributed by atoms with Gasteiger partial charge in [-0.05, 0) is 62.7 Å². The number of ether oxygens (including phenoxy) is 2. The molecule has 0 heterocycles. The number of β-amino-alcohol motifs (C(OH)–C–C–N with tert-alkyl or cyclic N) is 1. The summed E-state index contributed by atoms with van der Waals surface area (Å²) in [5, 5.41) is 50.1. The summed E-state index contributed by atoms with van der Waals surface area (Å²) < 4.78 is 9.52. The number of carboxylic acids is 2. The average Bonchev–Trinajstić information content (AvgIpc) is 2.98. The van der Waals surface area contributed by atoms with E-state index < -0.39 is 42.2 Å². The molecule has 12 heteroatoms. The van der Waals surface area contributed by atoms with Gasteiger partial charge < -0.3 is 40.3 Å². The lowest BCUT2D eigenvalue weighted by Crippen LogP contribution is -2.45. The van der Waals surface area contributed by atoms with Crippen LogP contribution in [-0.4, -0.2) is 73.7 Å². The van der Waals surface area contributed by atoms with Crippen LogP contribution in [0, 0.1) is 0 Å². The molecule has 0 radical (unpaired) electrons. The van der Waals surface area contributed by atoms with Crippen molar-refractivity contribution >= 4 is 23.9 Å². The molecule has 0 aliphatic carbocycles. The predicted molar refractivity (Wildman–Crippen MR) is 153 cm³/mol. The molecule has 0 amide bonds. The van der Waals surface area contributed by atoms with E-state index in [-0.39, 0.29) is 29.0 Å². The fraction of sp³-hybridized carbons (Fsp3) is 0.290. The molecule has 0 saturated carbocycles. The van der Waals surface area contributed by atoms with Crippen LogP contribution < -0.4 is 5.32 Å². The maximum atomic E-state index is 12.0. The van der Waals surface area contributed by atoms with Gasteiger partial charge in [0.05, 0.1) is 23.8 Å². The van der Waals surface area contributed by atoms with Crippen LogP contribution in [0.2, 0.25) is 0 Å². The summed E-state index contributed by atoms with van der Waals surface area (Å²) in [6.45, 7) is 6.26. The van der Waals surface area contributed by atoms with E-state index in [1.165, 1.54) is 54.6 Å². The van der Waals surface area contributed by atoms with Gasteiger partial charge in [-0.25, -0.2) is 19.2 Å². The van der Waals surface area contributed by atoms with Crippen molar-refractivity contribution in [2.75, 3.05) is 6.54 Å². The lowest BCUT2D eigenvalue weighted by atomic mass is 10.0. The molecule has 3 rings (SSSR count). The van der Waals surface area contributed by atoms with Gasteiger partial charge in [0.1, 0.15) is 5.75 Å². The molecular weight excluding hydrogens is 562 g/mol. The second-order valence-electron chi connectivity index (χ2n) is 10.3. The van der Waals surface area contributed by atoms with Crippen LogP contribution in [0.1, 0.15) is 58.7 Å². The van der Waals surface area contributed by atoms with E-state index in [1.54, 1.807) is 24.3 Å². The fourth-order valence-corrected chi connectivity index (χ4v) is 3.46. The minimum atomic E-state index is -2.21. The molecule has 0 fully saturated rings. The number of carbonyl (C=O) groups excluding carboxylic acids is 2. The molecule has 0 aromatic heterocycles. The van der Waals surface area contributed by atoms with Crippen LogP contribution in [0.3, 0.4) is 0 Å². The summed E-state index contributed by atoms with van der Waals surface area (Å²) in [5.74, 6) is -5.59. The SMILES string of the molecule is CC(C)(C)NC[C@H](O)c1ccc(O)c(CO)c1.O=C(O[C@H](C(=O)O)[C@H](OC(=O)c1ccccc1)C(=O)O)c1ccccc1. The third-order valence-corrected chi connectivity index (χ3v) is 5.73. The van der Waals surface area contributed by atoms with Gasteiger partial charge in [-0.1, -0.05) is 42.5 Å². The molecule has 43 heavy (non-hydrogen) atoms. The van der Waals surface area contributed by atoms with E-state index in [1.807, 2.05) is 20.8 Å². The Kier molecular flexibility index (Phi) is 12.8. The summed E-state index contributed by atoms with van der Waals surface area (Å²) >= 11 is 0. The Morgan fingerprint density at radius 3 is 1.58 bits per heavy atom. The van der Waals surface area contributed by atoms with E-state index in [4.69, 9.17) is 14.6 Å². The van der Waals surface area contributed by atoms with E-state index in [2.05, 4.69) is 5.32 Å². The molecular formula is C31H35NO11. The smallest absolute Gasteiger partial charge is 0.349 e. The molecule has 230 valence electrons. The van der Waals surface area contributed by atoms with E-state index in [0.29, 0.717) is 17.7 Å². The highest BCUT2D eigenvalue weighted by atomic mass is 16.6. The Morgan fingerprint density at radius 2 is 1.21 bits per heavy atom. The zero-order valence-electron chi connectivity index (χ0n) is 23.8. The highest BCUT2D eigenvalue weighted by Gasteiger charge is 2.41. The summed E-state index contributed by atoms with van der Waals surface area (Å²) in [5.41, 5.74) is 1.10. The van der Waals surface area contributed by atoms with Crippen LogP contribution in [-0.2, 0) is 25.7 Å². The molecule has 3 atom stereocenters. The van der Waals surface area contributed by atoms with E-state index >= 15 is 0 Å². The number of aromatic hydroxyl groups is 1. The highest BCUT2D eigenvalue weighted by molar-refractivity contribution is 5.95. The zero-order chi connectivity index (χ0) is 32.2. The third kappa shape index (κ3) is 11.2. The van der Waals surface area contributed by atoms with Crippen molar-refractivity contribution in [1.29, 1.82) is 0 Å². The molecule has 0 aliphatic rings. The van der Waals surface area contributed by atoms with E-state index in [0.717, 1.165) is 0 Å². The predicted octanol–water partition coefficient (Wildman–Crippen LogP) is 2.91. The van der Waals surface area contributed by atoms with Gasteiger partial charge in [-0.3, -0.25) is 0 Å². The lowest BCUT2D eigenvalue weighted by Gasteiger charge is -2.23. The Labute approximate surface area is 248 Å². The van der Waals surface area contributed by atoms with Crippen LogP contribution in [0.15, 0.2) is 78.9 Å². The number of aliphatic hydroxyl groups excluding tert-OH is 2. The summed E-state index contributed by atoms with van der Waals surface area (Å²) in [6.07, 6.45) is -5.08. The maximum absolute atomic E-state index is 12.0.